The number of ether oxygens (including phenoxy) is 1. The highest BCUT2D eigenvalue weighted by molar-refractivity contribution is 5.82. The lowest BCUT2D eigenvalue weighted by atomic mass is 9.70. The van der Waals surface area contributed by atoms with Crippen molar-refractivity contribution in [2.24, 2.45) is 5.41 Å². The van der Waals surface area contributed by atoms with E-state index in [0.717, 1.165) is 29.7 Å². The van der Waals surface area contributed by atoms with Crippen LogP contribution in [-0.4, -0.2) is 77.9 Å². The number of carbonyl (C=O) groups is 2. The number of alkyl halides is 3. The molecular formula is C25H33F3N2O4. The number of carboxylic acid groups (broad SMARTS) is 1. The van der Waals surface area contributed by atoms with E-state index in [1.807, 2.05) is 30.3 Å². The van der Waals surface area contributed by atoms with Gasteiger partial charge in [-0.3, -0.25) is 14.5 Å². The number of benzene rings is 1. The monoisotopic (exact) mass is 482 g/mol. The van der Waals surface area contributed by atoms with Crippen LogP contribution in [0.3, 0.4) is 0 Å². The summed E-state index contributed by atoms with van der Waals surface area (Å²) in [5, 5.41) is 9.38. The molecule has 2 aliphatic carbocycles. The molecule has 9 heteroatoms. The molecule has 3 aliphatic rings. The van der Waals surface area contributed by atoms with Crippen LogP contribution in [-0.2, 0) is 14.3 Å². The van der Waals surface area contributed by atoms with E-state index in [2.05, 4.69) is 4.90 Å². The van der Waals surface area contributed by atoms with Gasteiger partial charge in [-0.1, -0.05) is 30.3 Å². The number of methoxy groups -OCH3 is 1. The maximum absolute atomic E-state index is 13.6. The minimum Gasteiger partial charge on any atom is -0.481 e. The number of rotatable bonds is 9. The van der Waals surface area contributed by atoms with Gasteiger partial charge in [-0.05, 0) is 57.2 Å². The topological polar surface area (TPSA) is 70.1 Å². The summed E-state index contributed by atoms with van der Waals surface area (Å²) >= 11 is 0. The van der Waals surface area contributed by atoms with Crippen molar-refractivity contribution in [1.82, 2.24) is 9.80 Å². The second-order valence-corrected chi connectivity index (χ2v) is 10.3. The Balaban J connectivity index is 1.51. The van der Waals surface area contributed by atoms with Gasteiger partial charge in [0.25, 0.3) is 0 Å². The van der Waals surface area contributed by atoms with Gasteiger partial charge in [0.2, 0.25) is 0 Å². The number of nitrogens with zero attached hydrogens (tertiary/aromatic N) is 2. The molecule has 0 unspecified atom stereocenters. The Morgan fingerprint density at radius 1 is 1.15 bits per heavy atom. The number of carboxylic acids is 1. The van der Waals surface area contributed by atoms with Gasteiger partial charge in [-0.15, -0.1) is 0 Å². The number of aliphatic carboxylic acids is 1. The summed E-state index contributed by atoms with van der Waals surface area (Å²) in [4.78, 5) is 27.2. The Morgan fingerprint density at radius 3 is 2.29 bits per heavy atom. The maximum Gasteiger partial charge on any atom is 0.471 e. The lowest BCUT2D eigenvalue weighted by Gasteiger charge is -2.54. The van der Waals surface area contributed by atoms with Crippen molar-refractivity contribution in [2.75, 3.05) is 33.4 Å². The predicted octanol–water partition coefficient (Wildman–Crippen LogP) is 4.06. The lowest BCUT2D eigenvalue weighted by Crippen LogP contribution is -2.60. The van der Waals surface area contributed by atoms with Crippen molar-refractivity contribution < 1.29 is 32.6 Å². The van der Waals surface area contributed by atoms with Gasteiger partial charge in [-0.25, -0.2) is 0 Å². The molecule has 0 spiro atoms. The number of halogens is 3. The summed E-state index contributed by atoms with van der Waals surface area (Å²) in [6.45, 7) is 1.44. The molecule has 188 valence electrons. The third-order valence-corrected chi connectivity index (χ3v) is 8.10. The van der Waals surface area contributed by atoms with Gasteiger partial charge in [0.05, 0.1) is 13.0 Å². The molecule has 2 saturated carbocycles. The molecule has 6 nitrogen and oxygen atoms in total. The quantitative estimate of drug-likeness (QED) is 0.575. The van der Waals surface area contributed by atoms with Crippen molar-refractivity contribution in [3.05, 3.63) is 35.9 Å². The first-order chi connectivity index (χ1) is 16.1. The van der Waals surface area contributed by atoms with E-state index in [4.69, 9.17) is 4.74 Å². The summed E-state index contributed by atoms with van der Waals surface area (Å²) in [6, 6.07) is 8.88. The maximum atomic E-state index is 13.6. The summed E-state index contributed by atoms with van der Waals surface area (Å²) < 4.78 is 46.2. The highest BCUT2D eigenvalue weighted by atomic mass is 19.4. The Morgan fingerprint density at radius 2 is 1.79 bits per heavy atom. The largest absolute Gasteiger partial charge is 0.481 e. The number of amides is 1. The second kappa shape index (κ2) is 9.49. The first-order valence-corrected chi connectivity index (χ1v) is 12.0. The van der Waals surface area contributed by atoms with E-state index in [9.17, 15) is 27.9 Å². The van der Waals surface area contributed by atoms with E-state index in [1.165, 1.54) is 7.11 Å². The van der Waals surface area contributed by atoms with Gasteiger partial charge < -0.3 is 14.7 Å². The molecule has 1 aromatic rings. The van der Waals surface area contributed by atoms with Crippen LogP contribution in [0.5, 0.6) is 0 Å². The zero-order chi connectivity index (χ0) is 24.6. The molecule has 2 atom stereocenters. The van der Waals surface area contributed by atoms with Crippen LogP contribution in [0.4, 0.5) is 13.2 Å². The molecular weight excluding hydrogens is 449 g/mol. The lowest BCUT2D eigenvalue weighted by molar-refractivity contribution is -0.189. The molecule has 3 fully saturated rings. The number of likely N-dealkylation sites (tertiary alicyclic amines) is 1. The molecule has 0 radical (unpaired) electrons. The standard InChI is InChI=1S/C25H33F3N2O4/c1-34-17-23(10-12-29(13-11-23)24(8-5-9-24)15-21(31)32)16-30(22(33)25(26,27)28)20-14-19(20)18-6-3-2-4-7-18/h2-4,6-7,19-20H,5,8-17H2,1H3,(H,31,32)/t19-,20+/m0/s1. The molecule has 1 saturated heterocycles. The van der Waals surface area contributed by atoms with E-state index >= 15 is 0 Å². The summed E-state index contributed by atoms with van der Waals surface area (Å²) in [6.07, 6.45) is -0.558. The van der Waals surface area contributed by atoms with E-state index in [0.29, 0.717) is 32.4 Å². The molecule has 0 aromatic heterocycles. The highest BCUT2D eigenvalue weighted by Crippen LogP contribution is 2.49. The van der Waals surface area contributed by atoms with Crippen LogP contribution in [0.2, 0.25) is 0 Å². The Labute approximate surface area is 198 Å². The number of piperidine rings is 1. The minimum atomic E-state index is -4.93. The van der Waals surface area contributed by atoms with Crippen LogP contribution in [0, 0.1) is 5.41 Å². The molecule has 1 aromatic carbocycles. The fraction of sp³-hybridized carbons (Fsp3) is 0.680. The van der Waals surface area contributed by atoms with Crippen LogP contribution < -0.4 is 0 Å². The van der Waals surface area contributed by atoms with Crippen molar-refractivity contribution in [2.45, 2.75) is 68.6 Å². The van der Waals surface area contributed by atoms with E-state index < -0.39 is 29.5 Å². The average molecular weight is 483 g/mol. The Hall–Kier alpha value is -2.13. The first-order valence-electron chi connectivity index (χ1n) is 12.0. The third-order valence-electron chi connectivity index (χ3n) is 8.10. The van der Waals surface area contributed by atoms with Crippen molar-refractivity contribution in [3.8, 4) is 0 Å². The summed E-state index contributed by atoms with van der Waals surface area (Å²) in [7, 11) is 1.53. The molecule has 1 N–H and O–H groups in total. The molecule has 1 heterocycles. The smallest absolute Gasteiger partial charge is 0.471 e. The summed E-state index contributed by atoms with van der Waals surface area (Å²) in [5.41, 5.74) is 0.00895. The van der Waals surface area contributed by atoms with Crippen LogP contribution in [0.15, 0.2) is 30.3 Å². The number of carbonyl (C=O) groups excluding carboxylic acids is 1. The molecule has 1 amide bonds. The van der Waals surface area contributed by atoms with Crippen LogP contribution in [0.1, 0.15) is 56.4 Å². The molecule has 34 heavy (non-hydrogen) atoms. The average Bonchev–Trinajstić information content (AvgIpc) is 3.56. The van der Waals surface area contributed by atoms with Gasteiger partial charge >= 0.3 is 18.1 Å². The molecule has 0 bridgehead atoms. The van der Waals surface area contributed by atoms with E-state index in [1.54, 1.807) is 0 Å². The second-order valence-electron chi connectivity index (χ2n) is 10.3. The third kappa shape index (κ3) is 5.10. The minimum absolute atomic E-state index is 0.00699. The zero-order valence-corrected chi connectivity index (χ0v) is 19.5. The fourth-order valence-electron chi connectivity index (χ4n) is 6.03. The predicted molar refractivity (Wildman–Crippen MR) is 119 cm³/mol. The van der Waals surface area contributed by atoms with E-state index in [-0.39, 0.29) is 31.0 Å². The van der Waals surface area contributed by atoms with Crippen molar-refractivity contribution >= 4 is 11.9 Å². The Bertz CT molecular complexity index is 880. The SMILES string of the molecule is COCC1(CN(C(=O)C(F)(F)F)[C@@H]2C[C@H]2c2ccccc2)CCN(C2(CC(=O)O)CCC2)CC1. The van der Waals surface area contributed by atoms with Gasteiger partial charge in [-0.2, -0.15) is 13.2 Å². The van der Waals surface area contributed by atoms with Gasteiger partial charge in [0.15, 0.2) is 0 Å². The number of hydrogen-bond donors (Lipinski definition) is 1. The van der Waals surface area contributed by atoms with Gasteiger partial charge in [0.1, 0.15) is 0 Å². The Kier molecular flexibility index (Phi) is 6.97. The van der Waals surface area contributed by atoms with Crippen molar-refractivity contribution in [1.29, 1.82) is 0 Å². The number of hydrogen-bond acceptors (Lipinski definition) is 4. The molecule has 4 rings (SSSR count). The first kappa shape index (κ1) is 25.0. The van der Waals surface area contributed by atoms with Crippen LogP contribution >= 0.6 is 0 Å². The fourth-order valence-corrected chi connectivity index (χ4v) is 6.03. The summed E-state index contributed by atoms with van der Waals surface area (Å²) in [5.74, 6) is -2.70. The highest BCUT2D eigenvalue weighted by Gasteiger charge is 2.55. The molecule has 1 aliphatic heterocycles. The zero-order valence-electron chi connectivity index (χ0n) is 19.5. The van der Waals surface area contributed by atoms with Crippen LogP contribution in [0.25, 0.3) is 0 Å². The normalized spacial score (nSPS) is 25.9. The van der Waals surface area contributed by atoms with Crippen molar-refractivity contribution in [3.63, 3.8) is 0 Å². The van der Waals surface area contributed by atoms with Gasteiger partial charge in [0, 0.05) is 36.6 Å².